The van der Waals surface area contributed by atoms with Crippen molar-refractivity contribution in [2.45, 2.75) is 18.5 Å². The van der Waals surface area contributed by atoms with E-state index in [0.717, 1.165) is 83.1 Å². The number of hydrogen-bond donors (Lipinski definition) is 1. The number of amidine groups is 2. The normalized spacial score (nSPS) is 16.2. The van der Waals surface area contributed by atoms with Crippen molar-refractivity contribution in [3.05, 3.63) is 270 Å². The van der Waals surface area contributed by atoms with Gasteiger partial charge in [0.05, 0.1) is 11.2 Å². The number of aliphatic imine (C=N–C) groups is 2. The van der Waals surface area contributed by atoms with E-state index in [2.05, 4.69) is 225 Å². The Labute approximate surface area is 395 Å². The van der Waals surface area contributed by atoms with Gasteiger partial charge in [-0.3, -0.25) is 0 Å². The van der Waals surface area contributed by atoms with E-state index in [-0.39, 0.29) is 11.6 Å². The zero-order valence-corrected chi connectivity index (χ0v) is 37.4. The third-order valence-corrected chi connectivity index (χ3v) is 14.2. The smallest absolute Gasteiger partial charge is 0.159 e. The van der Waals surface area contributed by atoms with Crippen LogP contribution in [0.4, 0.5) is 0 Å². The van der Waals surface area contributed by atoms with Crippen LogP contribution in [-0.2, 0) is 5.41 Å². The minimum Gasteiger partial charge on any atom is -0.344 e. The molecule has 0 spiro atoms. The Morgan fingerprint density at radius 3 is 1.79 bits per heavy atom. The van der Waals surface area contributed by atoms with Gasteiger partial charge >= 0.3 is 0 Å². The highest BCUT2D eigenvalue weighted by Gasteiger charge is 2.40. The Morgan fingerprint density at radius 1 is 0.397 bits per heavy atom. The summed E-state index contributed by atoms with van der Waals surface area (Å²) in [7, 11) is 0. The van der Waals surface area contributed by atoms with Crippen molar-refractivity contribution < 1.29 is 0 Å². The van der Waals surface area contributed by atoms with Gasteiger partial charge in [0.1, 0.15) is 12.0 Å². The van der Waals surface area contributed by atoms with E-state index < -0.39 is 0 Å². The summed E-state index contributed by atoms with van der Waals surface area (Å²) in [5, 5.41) is 9.58. The largest absolute Gasteiger partial charge is 0.344 e. The van der Waals surface area contributed by atoms with Gasteiger partial charge < -0.3 is 5.32 Å². The van der Waals surface area contributed by atoms with Crippen molar-refractivity contribution in [3.63, 3.8) is 0 Å². The zero-order chi connectivity index (χ0) is 45.2. The van der Waals surface area contributed by atoms with Gasteiger partial charge in [-0.2, -0.15) is 0 Å². The van der Waals surface area contributed by atoms with Gasteiger partial charge in [-0.25, -0.2) is 15.0 Å². The molecule has 0 amide bonds. The molecule has 1 aliphatic carbocycles. The van der Waals surface area contributed by atoms with Crippen molar-refractivity contribution >= 4 is 44.1 Å². The molecular weight excluding hydrogens is 825 g/mol. The number of fused-ring (bicyclic) bond motifs is 7. The molecule has 1 aliphatic heterocycles. The maximum atomic E-state index is 5.36. The number of hydrogen-bond acceptors (Lipinski definition) is 4. The third kappa shape index (κ3) is 6.48. The quantitative estimate of drug-likeness (QED) is 0.162. The van der Waals surface area contributed by atoms with Crippen molar-refractivity contribution in [1.29, 1.82) is 0 Å². The first-order valence-corrected chi connectivity index (χ1v) is 23.4. The van der Waals surface area contributed by atoms with Crippen LogP contribution in [0.5, 0.6) is 0 Å². The summed E-state index contributed by atoms with van der Waals surface area (Å²) >= 11 is 0. The van der Waals surface area contributed by atoms with Crippen molar-refractivity contribution in [2.75, 3.05) is 0 Å². The first-order valence-electron chi connectivity index (χ1n) is 23.4. The lowest BCUT2D eigenvalue weighted by atomic mass is 9.74. The fourth-order valence-electron chi connectivity index (χ4n) is 10.8. The Hall–Kier alpha value is -8.73. The lowest BCUT2D eigenvalue weighted by molar-refractivity contribution is 0.674. The second kappa shape index (κ2) is 16.0. The number of para-hydroxylation sites is 1. The molecule has 4 nitrogen and oxygen atoms in total. The number of aromatic nitrogens is 1. The van der Waals surface area contributed by atoms with Gasteiger partial charge in [0.25, 0.3) is 0 Å². The maximum absolute atomic E-state index is 5.36. The maximum Gasteiger partial charge on any atom is 0.159 e. The van der Waals surface area contributed by atoms with Gasteiger partial charge in [-0.1, -0.05) is 206 Å². The van der Waals surface area contributed by atoms with Gasteiger partial charge in [0, 0.05) is 32.9 Å². The molecule has 13 rings (SSSR count). The number of pyridine rings is 1. The molecule has 0 radical (unpaired) electrons. The minimum absolute atomic E-state index is 0.333. The molecule has 11 aromatic rings. The molecule has 0 saturated heterocycles. The average Bonchev–Trinajstić information content (AvgIpc) is 3.68. The van der Waals surface area contributed by atoms with Gasteiger partial charge in [0.2, 0.25) is 0 Å². The van der Waals surface area contributed by atoms with Crippen LogP contribution in [0, 0.1) is 0 Å². The molecule has 2 aliphatic rings. The number of benzene rings is 10. The predicted molar refractivity (Wildman–Crippen MR) is 282 cm³/mol. The topological polar surface area (TPSA) is 49.6 Å². The molecule has 320 valence electrons. The van der Waals surface area contributed by atoms with Crippen molar-refractivity contribution in [3.8, 4) is 44.6 Å². The molecule has 4 heteroatoms. The van der Waals surface area contributed by atoms with Crippen LogP contribution in [0.3, 0.4) is 0 Å². The molecule has 2 atom stereocenters. The van der Waals surface area contributed by atoms with Crippen LogP contribution in [0.2, 0.25) is 0 Å². The Kier molecular flexibility index (Phi) is 9.33. The third-order valence-electron chi connectivity index (χ3n) is 14.2. The lowest BCUT2D eigenvalue weighted by Crippen LogP contribution is -2.33. The Bertz CT molecular complexity index is 3840. The number of nitrogens with zero attached hydrogens (tertiary/aromatic N) is 3. The van der Waals surface area contributed by atoms with E-state index in [1.165, 1.54) is 33.2 Å². The molecule has 2 unspecified atom stereocenters. The molecule has 10 aromatic carbocycles. The first kappa shape index (κ1) is 39.6. The summed E-state index contributed by atoms with van der Waals surface area (Å²) in [6, 6.07) is 85.1. The minimum atomic E-state index is -0.338. The summed E-state index contributed by atoms with van der Waals surface area (Å²) in [4.78, 5) is 15.9. The average molecular weight is 869 g/mol. The molecule has 1 aromatic heterocycles. The van der Waals surface area contributed by atoms with Gasteiger partial charge in [-0.15, -0.1) is 0 Å². The number of rotatable bonds is 7. The van der Waals surface area contributed by atoms with Gasteiger partial charge in [0.15, 0.2) is 5.84 Å². The molecular formula is C64H44N4. The fourth-order valence-corrected chi connectivity index (χ4v) is 10.8. The lowest BCUT2D eigenvalue weighted by Gasteiger charge is -2.28. The summed E-state index contributed by atoms with van der Waals surface area (Å²) in [6.45, 7) is 2.38. The highest BCUT2D eigenvalue weighted by molar-refractivity contribution is 6.16. The van der Waals surface area contributed by atoms with Crippen LogP contribution in [0.25, 0.3) is 77.1 Å². The van der Waals surface area contributed by atoms with E-state index in [4.69, 9.17) is 15.0 Å². The molecule has 1 N–H and O–H groups in total. The van der Waals surface area contributed by atoms with Crippen LogP contribution in [0.1, 0.15) is 46.5 Å². The highest BCUT2D eigenvalue weighted by Crippen LogP contribution is 2.53. The van der Waals surface area contributed by atoms with E-state index >= 15 is 0 Å². The van der Waals surface area contributed by atoms with E-state index in [9.17, 15) is 0 Å². The molecule has 68 heavy (non-hydrogen) atoms. The van der Waals surface area contributed by atoms with E-state index in [1.54, 1.807) is 0 Å². The van der Waals surface area contributed by atoms with Crippen LogP contribution in [0.15, 0.2) is 247 Å². The Balaban J connectivity index is 1.03. The van der Waals surface area contributed by atoms with Crippen LogP contribution >= 0.6 is 0 Å². The monoisotopic (exact) mass is 868 g/mol. The highest BCUT2D eigenvalue weighted by atomic mass is 15.2. The molecule has 0 saturated carbocycles. The summed E-state index contributed by atoms with van der Waals surface area (Å²) in [6.07, 6.45) is -0.333. The SMILES string of the molecule is CC1(c2ccccc2)c2ccccc2-c2ccc(-c3cc(C4=NC(c5ccccc5)=NC(c5ccccc5)N4)cc(-c4cccc5c(-c6nc7ccccc7c7ccccc67)cccc45)c3)cc21. The van der Waals surface area contributed by atoms with Crippen LogP contribution in [-0.4, -0.2) is 16.7 Å². The second-order valence-corrected chi connectivity index (χ2v) is 18.1. The summed E-state index contributed by atoms with van der Waals surface area (Å²) in [5.41, 5.74) is 16.7. The molecule has 2 heterocycles. The Morgan fingerprint density at radius 2 is 0.985 bits per heavy atom. The predicted octanol–water partition coefficient (Wildman–Crippen LogP) is 15.4. The van der Waals surface area contributed by atoms with Gasteiger partial charge in [-0.05, 0) is 109 Å². The second-order valence-electron chi connectivity index (χ2n) is 18.1. The van der Waals surface area contributed by atoms with Crippen LogP contribution < -0.4 is 5.32 Å². The fraction of sp³-hybridized carbons (Fsp3) is 0.0469. The standard InChI is InChI=1S/C64H44N4/c1-64(47-23-9-4-10-24-47)57-33-15-13-26-52(57)53-36-35-43(40-58(53)64)44-37-45(39-46(38-44)63-67-61(41-19-5-2-6-20-41)66-62(68-63)42-21-7-3-8-22-42)48-29-17-31-50-49(48)30-18-32-56(50)60-55-28-12-11-25-51(55)54-27-14-16-34-59(54)65-60/h2-40,61H,1H3,(H,66,67,68). The summed E-state index contributed by atoms with van der Waals surface area (Å²) in [5.74, 6) is 1.46. The number of nitrogens with one attached hydrogen (secondary N) is 1. The molecule has 0 fully saturated rings. The van der Waals surface area contributed by atoms with E-state index in [1.807, 2.05) is 24.3 Å². The molecule has 0 bridgehead atoms. The summed E-state index contributed by atoms with van der Waals surface area (Å²) < 4.78 is 0. The van der Waals surface area contributed by atoms with E-state index in [0.29, 0.717) is 5.84 Å². The van der Waals surface area contributed by atoms with Crippen molar-refractivity contribution in [1.82, 2.24) is 10.3 Å². The first-order chi connectivity index (χ1) is 33.6. The van der Waals surface area contributed by atoms with Crippen molar-refractivity contribution in [2.24, 2.45) is 9.98 Å². The zero-order valence-electron chi connectivity index (χ0n) is 37.4.